The van der Waals surface area contributed by atoms with Gasteiger partial charge in [0.1, 0.15) is 5.82 Å². The van der Waals surface area contributed by atoms with Crippen molar-refractivity contribution in [3.63, 3.8) is 0 Å². The van der Waals surface area contributed by atoms with Crippen LogP contribution in [0, 0.1) is 12.7 Å². The molecule has 0 unspecified atom stereocenters. The standard InChI is InChI=1S/C14H13BF/c1-11-7-8-13(16)9-14(11)15-10-12-5-3-2-4-6-12/h2-9H,10H2,1H3. The van der Waals surface area contributed by atoms with Crippen molar-refractivity contribution in [3.05, 3.63) is 65.5 Å². The van der Waals surface area contributed by atoms with Gasteiger partial charge in [0.05, 0.1) is 0 Å². The van der Waals surface area contributed by atoms with Crippen molar-refractivity contribution in [1.82, 2.24) is 0 Å². The Bertz CT molecular complexity index is 465. The van der Waals surface area contributed by atoms with Crippen molar-refractivity contribution < 1.29 is 4.39 Å². The average Bonchev–Trinajstić information content (AvgIpc) is 2.32. The van der Waals surface area contributed by atoms with E-state index in [1.165, 1.54) is 11.6 Å². The Morgan fingerprint density at radius 2 is 1.81 bits per heavy atom. The number of rotatable bonds is 3. The summed E-state index contributed by atoms with van der Waals surface area (Å²) in [4.78, 5) is 0. The van der Waals surface area contributed by atoms with Gasteiger partial charge < -0.3 is 0 Å². The van der Waals surface area contributed by atoms with Crippen LogP contribution in [0.2, 0.25) is 0 Å². The van der Waals surface area contributed by atoms with E-state index in [0.717, 1.165) is 17.3 Å². The minimum absolute atomic E-state index is 0.176. The van der Waals surface area contributed by atoms with Gasteiger partial charge in [-0.1, -0.05) is 53.0 Å². The Morgan fingerprint density at radius 1 is 1.06 bits per heavy atom. The number of benzene rings is 2. The molecule has 0 aliphatic rings. The molecule has 1 radical (unpaired) electrons. The summed E-state index contributed by atoms with van der Waals surface area (Å²) in [6.07, 6.45) is 0.838. The first-order valence-electron chi connectivity index (χ1n) is 5.39. The van der Waals surface area contributed by atoms with Crippen LogP contribution in [-0.2, 0) is 6.32 Å². The van der Waals surface area contributed by atoms with Crippen LogP contribution >= 0.6 is 0 Å². The molecule has 2 heteroatoms. The minimum Gasteiger partial charge on any atom is -0.207 e. The summed E-state index contributed by atoms with van der Waals surface area (Å²) in [6.45, 7) is 2.00. The van der Waals surface area contributed by atoms with Crippen LogP contribution in [0.3, 0.4) is 0 Å². The molecule has 0 aliphatic carbocycles. The summed E-state index contributed by atoms with van der Waals surface area (Å²) in [7, 11) is 2.06. The Morgan fingerprint density at radius 3 is 2.56 bits per heavy atom. The largest absolute Gasteiger partial charge is 0.207 e. The van der Waals surface area contributed by atoms with Crippen LogP contribution in [0.15, 0.2) is 48.5 Å². The maximum Gasteiger partial charge on any atom is 0.156 e. The van der Waals surface area contributed by atoms with Crippen molar-refractivity contribution in [2.45, 2.75) is 13.2 Å². The molecule has 0 aliphatic heterocycles. The molecule has 0 nitrogen and oxygen atoms in total. The maximum atomic E-state index is 13.1. The molecule has 0 bridgehead atoms. The van der Waals surface area contributed by atoms with Crippen LogP contribution in [0.25, 0.3) is 0 Å². The highest BCUT2D eigenvalue weighted by molar-refractivity contribution is 6.53. The molecule has 0 N–H and O–H groups in total. The van der Waals surface area contributed by atoms with Gasteiger partial charge in [0.2, 0.25) is 0 Å². The Kier molecular flexibility index (Phi) is 3.40. The fraction of sp³-hybridized carbons (Fsp3) is 0.143. The summed E-state index contributed by atoms with van der Waals surface area (Å²) in [5.74, 6) is -0.176. The zero-order chi connectivity index (χ0) is 11.4. The van der Waals surface area contributed by atoms with Crippen molar-refractivity contribution in [3.8, 4) is 0 Å². The van der Waals surface area contributed by atoms with Crippen LogP contribution < -0.4 is 5.46 Å². The van der Waals surface area contributed by atoms with Gasteiger partial charge in [-0.25, -0.2) is 4.39 Å². The monoisotopic (exact) mass is 211 g/mol. The highest BCUT2D eigenvalue weighted by Crippen LogP contribution is 2.02. The van der Waals surface area contributed by atoms with Gasteiger partial charge in [0, 0.05) is 0 Å². The SMILES string of the molecule is Cc1ccc(F)cc1[B]Cc1ccccc1. The van der Waals surface area contributed by atoms with Gasteiger partial charge in [-0.3, -0.25) is 0 Å². The van der Waals surface area contributed by atoms with Gasteiger partial charge in [-0.15, -0.1) is 0 Å². The molecule has 0 heterocycles. The van der Waals surface area contributed by atoms with Crippen molar-refractivity contribution in [2.24, 2.45) is 0 Å². The number of hydrogen-bond acceptors (Lipinski definition) is 0. The van der Waals surface area contributed by atoms with Crippen molar-refractivity contribution in [2.75, 3.05) is 0 Å². The smallest absolute Gasteiger partial charge is 0.156 e. The Balaban J connectivity index is 2.08. The fourth-order valence-corrected chi connectivity index (χ4v) is 1.67. The summed E-state index contributed by atoms with van der Waals surface area (Å²) in [5, 5.41) is 0. The third-order valence-corrected chi connectivity index (χ3v) is 2.64. The lowest BCUT2D eigenvalue weighted by atomic mass is 9.64. The minimum atomic E-state index is -0.176. The van der Waals surface area contributed by atoms with Crippen molar-refractivity contribution >= 4 is 12.7 Å². The first kappa shape index (κ1) is 10.9. The average molecular weight is 211 g/mol. The van der Waals surface area contributed by atoms with Gasteiger partial charge in [-0.05, 0) is 25.4 Å². The molecular formula is C14H13BF. The molecule has 0 atom stereocenters. The molecule has 0 aromatic heterocycles. The molecule has 0 saturated heterocycles. The summed E-state index contributed by atoms with van der Waals surface area (Å²) in [5.41, 5.74) is 3.33. The third-order valence-electron chi connectivity index (χ3n) is 2.64. The molecular weight excluding hydrogens is 198 g/mol. The van der Waals surface area contributed by atoms with E-state index in [9.17, 15) is 4.39 Å². The lowest BCUT2D eigenvalue weighted by Gasteiger charge is -2.04. The predicted molar refractivity (Wildman–Crippen MR) is 66.7 cm³/mol. The van der Waals surface area contributed by atoms with E-state index >= 15 is 0 Å². The molecule has 2 rings (SSSR count). The van der Waals surface area contributed by atoms with E-state index in [0.29, 0.717) is 0 Å². The van der Waals surface area contributed by atoms with Gasteiger partial charge >= 0.3 is 0 Å². The molecule has 0 amide bonds. The van der Waals surface area contributed by atoms with Crippen molar-refractivity contribution in [1.29, 1.82) is 0 Å². The van der Waals surface area contributed by atoms with Crippen LogP contribution in [0.1, 0.15) is 11.1 Å². The molecule has 16 heavy (non-hydrogen) atoms. The van der Waals surface area contributed by atoms with E-state index in [2.05, 4.69) is 19.4 Å². The number of hydrogen-bond donors (Lipinski definition) is 0. The summed E-state index contributed by atoms with van der Waals surface area (Å²) in [6, 6.07) is 15.1. The third kappa shape index (κ3) is 2.72. The molecule has 0 fully saturated rings. The van der Waals surface area contributed by atoms with Crippen LogP contribution in [-0.4, -0.2) is 7.28 Å². The first-order chi connectivity index (χ1) is 7.75. The van der Waals surface area contributed by atoms with E-state index in [4.69, 9.17) is 0 Å². The van der Waals surface area contributed by atoms with E-state index in [1.54, 1.807) is 6.07 Å². The van der Waals surface area contributed by atoms with E-state index < -0.39 is 0 Å². The molecule has 0 saturated carbocycles. The molecule has 2 aromatic rings. The predicted octanol–water partition coefficient (Wildman–Crippen LogP) is 2.66. The molecule has 0 spiro atoms. The first-order valence-corrected chi connectivity index (χ1v) is 5.39. The Hall–Kier alpha value is -1.57. The second kappa shape index (κ2) is 4.97. The summed E-state index contributed by atoms with van der Waals surface area (Å²) >= 11 is 0. The van der Waals surface area contributed by atoms with Crippen LogP contribution in [0.4, 0.5) is 4.39 Å². The Labute approximate surface area is 96.4 Å². The zero-order valence-corrected chi connectivity index (χ0v) is 9.28. The normalized spacial score (nSPS) is 10.1. The number of halogens is 1. The van der Waals surface area contributed by atoms with Gasteiger partial charge in [0.25, 0.3) is 0 Å². The van der Waals surface area contributed by atoms with Gasteiger partial charge in [0.15, 0.2) is 7.28 Å². The quantitative estimate of drug-likeness (QED) is 0.684. The second-order valence-corrected chi connectivity index (χ2v) is 3.89. The highest BCUT2D eigenvalue weighted by Gasteiger charge is 2.02. The topological polar surface area (TPSA) is 0 Å². The lowest BCUT2D eigenvalue weighted by molar-refractivity contribution is 0.628. The highest BCUT2D eigenvalue weighted by atomic mass is 19.1. The zero-order valence-electron chi connectivity index (χ0n) is 9.28. The molecule has 79 valence electrons. The lowest BCUT2D eigenvalue weighted by Crippen LogP contribution is -2.20. The second-order valence-electron chi connectivity index (χ2n) is 3.89. The summed E-state index contributed by atoms with van der Waals surface area (Å²) < 4.78 is 13.1. The molecule has 2 aromatic carbocycles. The maximum absolute atomic E-state index is 13.1. The van der Waals surface area contributed by atoms with E-state index in [-0.39, 0.29) is 5.82 Å². The number of aryl methyl sites for hydroxylation is 1. The van der Waals surface area contributed by atoms with Gasteiger partial charge in [-0.2, -0.15) is 0 Å². The van der Waals surface area contributed by atoms with E-state index in [1.807, 2.05) is 31.2 Å². The van der Waals surface area contributed by atoms with Crippen LogP contribution in [0.5, 0.6) is 0 Å². The fourth-order valence-electron chi connectivity index (χ4n) is 1.67.